The molecule has 0 aliphatic carbocycles. The van der Waals surface area contributed by atoms with E-state index in [1.807, 2.05) is 6.07 Å². The SMILES string of the molecule is CC(C)(C)Cc1ccc2c(c1)[C@@H](NC[C@@H](O)[C@H](Cc1cc(F)cc(F)c1)NC(=O)O)CCO2. The molecule has 6 nitrogen and oxygen atoms in total. The first-order valence-corrected chi connectivity index (χ1v) is 11.1. The lowest BCUT2D eigenvalue weighted by molar-refractivity contribution is 0.112. The number of benzene rings is 2. The van der Waals surface area contributed by atoms with Crippen LogP contribution in [0.25, 0.3) is 0 Å². The normalized spacial score (nSPS) is 17.6. The van der Waals surface area contributed by atoms with Gasteiger partial charge in [0.2, 0.25) is 0 Å². The Hall–Kier alpha value is -2.71. The van der Waals surface area contributed by atoms with Crippen molar-refractivity contribution < 1.29 is 28.5 Å². The minimum atomic E-state index is -1.32. The van der Waals surface area contributed by atoms with E-state index in [-0.39, 0.29) is 30.0 Å². The van der Waals surface area contributed by atoms with Crippen molar-refractivity contribution in [3.63, 3.8) is 0 Å². The molecule has 0 unspecified atom stereocenters. The Labute approximate surface area is 193 Å². The van der Waals surface area contributed by atoms with Gasteiger partial charge in [-0.3, -0.25) is 0 Å². The Morgan fingerprint density at radius 3 is 2.48 bits per heavy atom. The van der Waals surface area contributed by atoms with Gasteiger partial charge in [-0.05, 0) is 47.6 Å². The smallest absolute Gasteiger partial charge is 0.404 e. The highest BCUT2D eigenvalue weighted by Crippen LogP contribution is 2.34. The fraction of sp³-hybridized carbons (Fsp3) is 0.480. The van der Waals surface area contributed by atoms with Crippen molar-refractivity contribution in [2.75, 3.05) is 13.2 Å². The molecule has 2 aromatic rings. The molecule has 0 fully saturated rings. The Morgan fingerprint density at radius 1 is 1.15 bits per heavy atom. The summed E-state index contributed by atoms with van der Waals surface area (Å²) in [6, 6.07) is 8.14. The second kappa shape index (κ2) is 10.5. The molecule has 2 aromatic carbocycles. The van der Waals surface area contributed by atoms with Crippen LogP contribution in [0.2, 0.25) is 0 Å². The zero-order valence-corrected chi connectivity index (χ0v) is 19.2. The summed E-state index contributed by atoms with van der Waals surface area (Å²) in [5.74, 6) is -0.713. The van der Waals surface area contributed by atoms with Crippen molar-refractivity contribution in [3.05, 3.63) is 64.7 Å². The third kappa shape index (κ3) is 7.40. The highest BCUT2D eigenvalue weighted by atomic mass is 19.1. The lowest BCUT2D eigenvalue weighted by Crippen LogP contribution is -2.49. The fourth-order valence-corrected chi connectivity index (χ4v) is 4.21. The van der Waals surface area contributed by atoms with Crippen molar-refractivity contribution in [3.8, 4) is 5.75 Å². The number of aliphatic hydroxyl groups excluding tert-OH is 1. The van der Waals surface area contributed by atoms with Crippen molar-refractivity contribution in [1.82, 2.24) is 10.6 Å². The van der Waals surface area contributed by atoms with Crippen LogP contribution in [-0.2, 0) is 12.8 Å². The van der Waals surface area contributed by atoms with Crippen LogP contribution in [0.4, 0.5) is 13.6 Å². The number of aliphatic hydroxyl groups is 1. The summed E-state index contributed by atoms with van der Waals surface area (Å²) >= 11 is 0. The van der Waals surface area contributed by atoms with E-state index >= 15 is 0 Å². The topological polar surface area (TPSA) is 90.8 Å². The van der Waals surface area contributed by atoms with Crippen LogP contribution in [0.5, 0.6) is 5.75 Å². The number of carbonyl (C=O) groups is 1. The van der Waals surface area contributed by atoms with Crippen LogP contribution in [0.1, 0.15) is 49.9 Å². The van der Waals surface area contributed by atoms with Gasteiger partial charge in [0.05, 0.1) is 18.8 Å². The zero-order chi connectivity index (χ0) is 24.2. The first kappa shape index (κ1) is 24.9. The van der Waals surface area contributed by atoms with Crippen LogP contribution in [0, 0.1) is 17.0 Å². The maximum atomic E-state index is 13.5. The Bertz CT molecular complexity index is 957. The summed E-state index contributed by atoms with van der Waals surface area (Å²) in [6.45, 7) is 7.15. The first-order chi connectivity index (χ1) is 15.5. The summed E-state index contributed by atoms with van der Waals surface area (Å²) in [6.07, 6.45) is -0.880. The Morgan fingerprint density at radius 2 is 1.85 bits per heavy atom. The molecule has 180 valence electrons. The molecule has 33 heavy (non-hydrogen) atoms. The molecule has 3 rings (SSSR count). The standard InChI is InChI=1S/C25H32F2N2O4/c1-25(2,3)13-15-4-5-23-19(10-15)20(6-7-33-23)28-14-22(30)21(29-24(31)32)11-16-8-17(26)12-18(27)9-16/h4-5,8-10,12,20-22,28-30H,6-7,11,13-14H2,1-3H3,(H,31,32)/t20-,21-,22+/m0/s1. The van der Waals surface area contributed by atoms with Crippen molar-refractivity contribution in [2.24, 2.45) is 5.41 Å². The molecule has 4 N–H and O–H groups in total. The first-order valence-electron chi connectivity index (χ1n) is 11.1. The number of halogens is 2. The molecular weight excluding hydrogens is 430 g/mol. The molecule has 0 saturated carbocycles. The van der Waals surface area contributed by atoms with Gasteiger partial charge in [0, 0.05) is 30.6 Å². The fourth-order valence-electron chi connectivity index (χ4n) is 4.21. The molecule has 0 bridgehead atoms. The molecular formula is C25H32F2N2O4. The second-order valence-corrected chi connectivity index (χ2v) is 9.81. The summed E-state index contributed by atoms with van der Waals surface area (Å²) in [7, 11) is 0. The number of carboxylic acid groups (broad SMARTS) is 1. The Kier molecular flexibility index (Phi) is 7.92. The molecule has 8 heteroatoms. The average molecular weight is 463 g/mol. The minimum absolute atomic E-state index is 0.0517. The third-order valence-electron chi connectivity index (χ3n) is 5.57. The molecule has 1 heterocycles. The van der Waals surface area contributed by atoms with Crippen LogP contribution >= 0.6 is 0 Å². The summed E-state index contributed by atoms with van der Waals surface area (Å²) in [5, 5.41) is 25.5. The van der Waals surface area contributed by atoms with Gasteiger partial charge in [0.1, 0.15) is 17.4 Å². The zero-order valence-electron chi connectivity index (χ0n) is 19.2. The van der Waals surface area contributed by atoms with E-state index in [0.717, 1.165) is 35.9 Å². The predicted molar refractivity (Wildman–Crippen MR) is 121 cm³/mol. The highest BCUT2D eigenvalue weighted by Gasteiger charge is 2.26. The summed E-state index contributed by atoms with van der Waals surface area (Å²) < 4.78 is 32.9. The van der Waals surface area contributed by atoms with E-state index in [4.69, 9.17) is 4.74 Å². The van der Waals surface area contributed by atoms with Crippen LogP contribution in [0.15, 0.2) is 36.4 Å². The Balaban J connectivity index is 1.70. The quantitative estimate of drug-likeness (QED) is 0.472. The molecule has 0 saturated heterocycles. The van der Waals surface area contributed by atoms with E-state index in [9.17, 15) is 23.8 Å². The van der Waals surface area contributed by atoms with Gasteiger partial charge in [-0.15, -0.1) is 0 Å². The van der Waals surface area contributed by atoms with E-state index in [1.54, 1.807) is 0 Å². The number of nitrogens with one attached hydrogen (secondary N) is 2. The maximum absolute atomic E-state index is 13.5. The van der Waals surface area contributed by atoms with Crippen molar-refractivity contribution >= 4 is 6.09 Å². The number of fused-ring (bicyclic) bond motifs is 1. The molecule has 1 aliphatic rings. The van der Waals surface area contributed by atoms with Gasteiger partial charge in [-0.2, -0.15) is 0 Å². The van der Waals surface area contributed by atoms with E-state index in [1.165, 1.54) is 5.56 Å². The summed E-state index contributed by atoms with van der Waals surface area (Å²) in [5.41, 5.74) is 2.59. The van der Waals surface area contributed by atoms with Gasteiger partial charge in [-0.1, -0.05) is 32.9 Å². The maximum Gasteiger partial charge on any atom is 0.404 e. The van der Waals surface area contributed by atoms with E-state index in [0.29, 0.717) is 13.0 Å². The van der Waals surface area contributed by atoms with Gasteiger partial charge in [0.15, 0.2) is 0 Å². The van der Waals surface area contributed by atoms with Crippen LogP contribution in [0.3, 0.4) is 0 Å². The van der Waals surface area contributed by atoms with Crippen molar-refractivity contribution in [1.29, 1.82) is 0 Å². The summed E-state index contributed by atoms with van der Waals surface area (Å²) in [4.78, 5) is 11.3. The van der Waals surface area contributed by atoms with E-state index < -0.39 is 29.9 Å². The van der Waals surface area contributed by atoms with Crippen molar-refractivity contribution in [2.45, 2.75) is 58.2 Å². The highest BCUT2D eigenvalue weighted by molar-refractivity contribution is 5.65. The van der Waals surface area contributed by atoms with Gasteiger partial charge >= 0.3 is 6.09 Å². The lowest BCUT2D eigenvalue weighted by Gasteiger charge is -2.30. The van der Waals surface area contributed by atoms with Gasteiger partial charge in [0.25, 0.3) is 0 Å². The van der Waals surface area contributed by atoms with Crippen LogP contribution in [-0.4, -0.2) is 41.6 Å². The average Bonchev–Trinajstić information content (AvgIpc) is 2.69. The third-order valence-corrected chi connectivity index (χ3v) is 5.57. The molecule has 3 atom stereocenters. The number of rotatable bonds is 8. The number of hydrogen-bond donors (Lipinski definition) is 4. The molecule has 0 radical (unpaired) electrons. The lowest BCUT2D eigenvalue weighted by atomic mass is 9.86. The largest absolute Gasteiger partial charge is 0.493 e. The molecule has 0 spiro atoms. The molecule has 1 amide bonds. The van der Waals surface area contributed by atoms with E-state index in [2.05, 4.69) is 43.5 Å². The number of ether oxygens (including phenoxy) is 1. The predicted octanol–water partition coefficient (Wildman–Crippen LogP) is 4.21. The van der Waals surface area contributed by atoms with Gasteiger partial charge < -0.3 is 25.6 Å². The molecule has 1 aliphatic heterocycles. The minimum Gasteiger partial charge on any atom is -0.493 e. The number of hydrogen-bond acceptors (Lipinski definition) is 4. The van der Waals surface area contributed by atoms with Gasteiger partial charge in [-0.25, -0.2) is 13.6 Å². The molecule has 0 aromatic heterocycles. The van der Waals surface area contributed by atoms with Crippen LogP contribution < -0.4 is 15.4 Å². The number of amides is 1. The second-order valence-electron chi connectivity index (χ2n) is 9.81. The monoisotopic (exact) mass is 462 g/mol.